The summed E-state index contributed by atoms with van der Waals surface area (Å²) in [6.07, 6.45) is -0.164. The van der Waals surface area contributed by atoms with Crippen molar-refractivity contribution in [1.82, 2.24) is 10.2 Å². The molecule has 4 aromatic rings. The van der Waals surface area contributed by atoms with Crippen molar-refractivity contribution in [1.29, 1.82) is 0 Å². The van der Waals surface area contributed by atoms with Crippen molar-refractivity contribution in [3.05, 3.63) is 118 Å². The first-order valence-electron chi connectivity index (χ1n) is 11.6. The van der Waals surface area contributed by atoms with Crippen LogP contribution in [0.3, 0.4) is 0 Å². The van der Waals surface area contributed by atoms with Gasteiger partial charge in [-0.2, -0.15) is 0 Å². The molecule has 2 amide bonds. The summed E-state index contributed by atoms with van der Waals surface area (Å²) < 4.78 is 0. The van der Waals surface area contributed by atoms with Crippen LogP contribution in [0.1, 0.15) is 37.6 Å². The highest BCUT2D eigenvalue weighted by molar-refractivity contribution is 7.09. The van der Waals surface area contributed by atoms with Crippen LogP contribution in [-0.2, 0) is 17.9 Å². The molecule has 0 aliphatic heterocycles. The van der Waals surface area contributed by atoms with Crippen LogP contribution in [0, 0.1) is 0 Å². The highest BCUT2D eigenvalue weighted by Gasteiger charge is 2.22. The first-order valence-corrected chi connectivity index (χ1v) is 12.4. The predicted octanol–water partition coefficient (Wildman–Crippen LogP) is 5.46. The zero-order valence-electron chi connectivity index (χ0n) is 19.6. The lowest BCUT2D eigenvalue weighted by molar-refractivity contribution is -0.137. The van der Waals surface area contributed by atoms with E-state index in [0.717, 1.165) is 10.4 Å². The van der Waals surface area contributed by atoms with E-state index in [9.17, 15) is 19.5 Å². The van der Waals surface area contributed by atoms with Crippen LogP contribution in [0.25, 0.3) is 11.1 Å². The van der Waals surface area contributed by atoms with Crippen molar-refractivity contribution >= 4 is 29.1 Å². The van der Waals surface area contributed by atoms with Crippen molar-refractivity contribution < 1.29 is 19.5 Å². The Morgan fingerprint density at radius 1 is 0.778 bits per heavy atom. The van der Waals surface area contributed by atoms with E-state index in [1.54, 1.807) is 40.5 Å². The molecule has 0 aliphatic carbocycles. The fraction of sp³-hybridized carbons (Fsp3) is 0.138. The molecule has 1 heterocycles. The molecule has 36 heavy (non-hydrogen) atoms. The number of hydrogen-bond donors (Lipinski definition) is 2. The van der Waals surface area contributed by atoms with E-state index in [-0.39, 0.29) is 31.3 Å². The number of aliphatic carboxylic acids is 1. The van der Waals surface area contributed by atoms with Crippen molar-refractivity contribution in [2.75, 3.05) is 6.54 Å². The third kappa shape index (κ3) is 6.25. The molecule has 0 saturated heterocycles. The number of amides is 2. The van der Waals surface area contributed by atoms with E-state index >= 15 is 0 Å². The SMILES string of the molecule is O=C(O)CCN(Cc1ccccc1)C(=O)c1ccccc1-c1ccccc1C(=O)NCc1cccs1. The van der Waals surface area contributed by atoms with Gasteiger partial charge >= 0.3 is 5.97 Å². The molecule has 0 saturated carbocycles. The molecule has 0 atom stereocenters. The van der Waals surface area contributed by atoms with Gasteiger partial charge in [0.15, 0.2) is 0 Å². The maximum atomic E-state index is 13.8. The molecule has 0 unspecified atom stereocenters. The number of carboxylic acid groups (broad SMARTS) is 1. The maximum absolute atomic E-state index is 13.8. The van der Waals surface area contributed by atoms with Gasteiger partial charge in [-0.3, -0.25) is 14.4 Å². The molecular weight excluding hydrogens is 472 g/mol. The molecule has 7 heteroatoms. The quantitative estimate of drug-likeness (QED) is 0.304. The van der Waals surface area contributed by atoms with E-state index in [1.807, 2.05) is 72.1 Å². The standard InChI is InChI=1S/C29H26N2O4S/c32-27(33)16-17-31(20-21-9-2-1-3-10-21)29(35)26-15-7-5-13-24(26)23-12-4-6-14-25(23)28(34)30-19-22-11-8-18-36-22/h1-15,18H,16-17,19-20H2,(H,30,34)(H,32,33). The van der Waals surface area contributed by atoms with Crippen molar-refractivity contribution in [3.63, 3.8) is 0 Å². The molecular formula is C29H26N2O4S. The number of hydrogen-bond acceptors (Lipinski definition) is 4. The smallest absolute Gasteiger partial charge is 0.305 e. The zero-order chi connectivity index (χ0) is 25.3. The van der Waals surface area contributed by atoms with Crippen LogP contribution < -0.4 is 5.32 Å². The second kappa shape index (κ2) is 12.0. The molecule has 0 radical (unpaired) electrons. The topological polar surface area (TPSA) is 86.7 Å². The van der Waals surface area contributed by atoms with Gasteiger partial charge in [-0.25, -0.2) is 0 Å². The normalized spacial score (nSPS) is 10.6. The van der Waals surface area contributed by atoms with Gasteiger partial charge in [0, 0.05) is 29.1 Å². The summed E-state index contributed by atoms with van der Waals surface area (Å²) in [5, 5.41) is 14.2. The first kappa shape index (κ1) is 24.9. The Balaban J connectivity index is 1.65. The van der Waals surface area contributed by atoms with E-state index < -0.39 is 5.97 Å². The number of thiophene rings is 1. The molecule has 3 aromatic carbocycles. The van der Waals surface area contributed by atoms with Gasteiger partial charge in [0.2, 0.25) is 0 Å². The molecule has 6 nitrogen and oxygen atoms in total. The maximum Gasteiger partial charge on any atom is 0.305 e. The van der Waals surface area contributed by atoms with Crippen molar-refractivity contribution in [2.24, 2.45) is 0 Å². The number of carbonyl (C=O) groups is 3. The second-order valence-corrected chi connectivity index (χ2v) is 9.24. The number of nitrogens with one attached hydrogen (secondary N) is 1. The zero-order valence-corrected chi connectivity index (χ0v) is 20.4. The summed E-state index contributed by atoms with van der Waals surface area (Å²) in [6, 6.07) is 27.7. The Labute approximate surface area is 213 Å². The van der Waals surface area contributed by atoms with E-state index in [2.05, 4.69) is 5.32 Å². The number of benzene rings is 3. The number of rotatable bonds is 10. The largest absolute Gasteiger partial charge is 0.481 e. The molecule has 0 bridgehead atoms. The number of nitrogens with zero attached hydrogens (tertiary/aromatic N) is 1. The lowest BCUT2D eigenvalue weighted by atomic mass is 9.94. The molecule has 0 spiro atoms. The van der Waals surface area contributed by atoms with E-state index in [1.165, 1.54) is 0 Å². The van der Waals surface area contributed by atoms with Gasteiger partial charge in [-0.1, -0.05) is 72.8 Å². The third-order valence-corrected chi connectivity index (χ3v) is 6.60. The molecule has 182 valence electrons. The Morgan fingerprint density at radius 2 is 1.42 bits per heavy atom. The summed E-state index contributed by atoms with van der Waals surface area (Å²) in [4.78, 5) is 40.7. The van der Waals surface area contributed by atoms with E-state index in [4.69, 9.17) is 0 Å². The van der Waals surface area contributed by atoms with Crippen LogP contribution >= 0.6 is 11.3 Å². The minimum atomic E-state index is -0.970. The van der Waals surface area contributed by atoms with Crippen LogP contribution in [0.4, 0.5) is 0 Å². The number of carbonyl (C=O) groups excluding carboxylic acids is 2. The van der Waals surface area contributed by atoms with Gasteiger partial charge in [0.05, 0.1) is 13.0 Å². The summed E-state index contributed by atoms with van der Waals surface area (Å²) in [7, 11) is 0. The number of carboxylic acids is 1. The fourth-order valence-electron chi connectivity index (χ4n) is 3.95. The predicted molar refractivity (Wildman–Crippen MR) is 141 cm³/mol. The van der Waals surface area contributed by atoms with E-state index in [0.29, 0.717) is 28.8 Å². The van der Waals surface area contributed by atoms with Gasteiger partial charge in [-0.05, 0) is 40.3 Å². The minimum Gasteiger partial charge on any atom is -0.481 e. The Bertz CT molecular complexity index is 1340. The van der Waals surface area contributed by atoms with Crippen LogP contribution in [-0.4, -0.2) is 34.3 Å². The summed E-state index contributed by atoms with van der Waals surface area (Å²) >= 11 is 1.57. The Hall–Kier alpha value is -4.23. The lowest BCUT2D eigenvalue weighted by Gasteiger charge is -2.24. The molecule has 4 rings (SSSR count). The van der Waals surface area contributed by atoms with Gasteiger partial charge in [-0.15, -0.1) is 11.3 Å². The Morgan fingerprint density at radius 3 is 2.08 bits per heavy atom. The summed E-state index contributed by atoms with van der Waals surface area (Å²) in [6.45, 7) is 0.774. The summed E-state index contributed by atoms with van der Waals surface area (Å²) in [5.41, 5.74) is 3.05. The van der Waals surface area contributed by atoms with Crippen LogP contribution in [0.5, 0.6) is 0 Å². The van der Waals surface area contributed by atoms with Crippen LogP contribution in [0.15, 0.2) is 96.4 Å². The van der Waals surface area contributed by atoms with Gasteiger partial charge in [0.25, 0.3) is 11.8 Å². The average molecular weight is 499 g/mol. The van der Waals surface area contributed by atoms with Crippen LogP contribution in [0.2, 0.25) is 0 Å². The first-order chi connectivity index (χ1) is 17.5. The molecule has 2 N–H and O–H groups in total. The molecule has 0 fully saturated rings. The molecule has 0 aliphatic rings. The van der Waals surface area contributed by atoms with Gasteiger partial charge in [0.1, 0.15) is 0 Å². The Kier molecular flexibility index (Phi) is 8.26. The molecule has 1 aromatic heterocycles. The van der Waals surface area contributed by atoms with Crippen molar-refractivity contribution in [2.45, 2.75) is 19.5 Å². The third-order valence-electron chi connectivity index (χ3n) is 5.72. The van der Waals surface area contributed by atoms with Crippen molar-refractivity contribution in [3.8, 4) is 11.1 Å². The fourth-order valence-corrected chi connectivity index (χ4v) is 4.60. The monoisotopic (exact) mass is 498 g/mol. The highest BCUT2D eigenvalue weighted by atomic mass is 32.1. The average Bonchev–Trinajstić information content (AvgIpc) is 3.43. The lowest BCUT2D eigenvalue weighted by Crippen LogP contribution is -2.33. The minimum absolute atomic E-state index is 0.0698. The van der Waals surface area contributed by atoms with Gasteiger partial charge < -0.3 is 15.3 Å². The summed E-state index contributed by atoms with van der Waals surface area (Å²) in [5.74, 6) is -1.49. The second-order valence-electron chi connectivity index (χ2n) is 8.21. The highest BCUT2D eigenvalue weighted by Crippen LogP contribution is 2.29.